The van der Waals surface area contributed by atoms with Gasteiger partial charge in [-0.25, -0.2) is 4.79 Å². The Morgan fingerprint density at radius 3 is 2.63 bits per heavy atom. The summed E-state index contributed by atoms with van der Waals surface area (Å²) < 4.78 is 9.88. The molecule has 1 atom stereocenters. The molecule has 0 bridgehead atoms. The molecule has 1 unspecified atom stereocenters. The number of carbonyl (C=O) groups is 2. The lowest BCUT2D eigenvalue weighted by Crippen LogP contribution is -2.30. The van der Waals surface area contributed by atoms with Crippen LogP contribution in [0.25, 0.3) is 0 Å². The lowest BCUT2D eigenvalue weighted by atomic mass is 10.1. The number of hydrogen-bond donors (Lipinski definition) is 0. The predicted molar refractivity (Wildman–Crippen MR) is 71.5 cm³/mol. The minimum absolute atomic E-state index is 0.0641. The van der Waals surface area contributed by atoms with Gasteiger partial charge in [-0.05, 0) is 33.7 Å². The zero-order valence-electron chi connectivity index (χ0n) is 12.1. The Bertz CT molecular complexity index is 357. The van der Waals surface area contributed by atoms with Crippen molar-refractivity contribution in [3.63, 3.8) is 0 Å². The van der Waals surface area contributed by atoms with E-state index < -0.39 is 5.60 Å². The van der Waals surface area contributed by atoms with Crippen LogP contribution in [0.2, 0.25) is 0 Å². The van der Waals surface area contributed by atoms with E-state index in [1.807, 2.05) is 20.8 Å². The summed E-state index contributed by atoms with van der Waals surface area (Å²) in [4.78, 5) is 24.9. The minimum Gasteiger partial charge on any atom is -0.466 e. The third-order valence-electron chi connectivity index (χ3n) is 2.83. The predicted octanol–water partition coefficient (Wildman–Crippen LogP) is 1.38. The number of esters is 2. The van der Waals surface area contributed by atoms with Crippen LogP contribution in [-0.2, 0) is 19.1 Å². The number of nitrogens with zero attached hydrogens (tertiary/aromatic N) is 1. The van der Waals surface area contributed by atoms with E-state index in [0.29, 0.717) is 13.1 Å². The van der Waals surface area contributed by atoms with Crippen molar-refractivity contribution in [2.24, 2.45) is 5.92 Å². The highest BCUT2D eigenvalue weighted by Gasteiger charge is 2.31. The van der Waals surface area contributed by atoms with Crippen LogP contribution in [0.3, 0.4) is 0 Å². The Morgan fingerprint density at radius 2 is 2.05 bits per heavy atom. The Morgan fingerprint density at radius 1 is 1.37 bits per heavy atom. The lowest BCUT2D eigenvalue weighted by Gasteiger charge is -2.22. The number of ether oxygens (including phenoxy) is 2. The second-order valence-electron chi connectivity index (χ2n) is 5.70. The fourth-order valence-corrected chi connectivity index (χ4v) is 1.94. The van der Waals surface area contributed by atoms with Crippen LogP contribution in [-0.4, -0.2) is 49.2 Å². The van der Waals surface area contributed by atoms with Crippen molar-refractivity contribution >= 4 is 11.9 Å². The first-order valence-corrected chi connectivity index (χ1v) is 6.51. The number of hydrogen-bond acceptors (Lipinski definition) is 5. The molecule has 0 N–H and O–H groups in total. The average molecular weight is 269 g/mol. The summed E-state index contributed by atoms with van der Waals surface area (Å²) in [6, 6.07) is 0. The average Bonchev–Trinajstić information content (AvgIpc) is 2.75. The maximum Gasteiger partial charge on any atom is 0.330 e. The van der Waals surface area contributed by atoms with Gasteiger partial charge in [-0.1, -0.05) is 6.08 Å². The molecule has 0 radical (unpaired) electrons. The molecule has 1 heterocycles. The van der Waals surface area contributed by atoms with Crippen molar-refractivity contribution in [3.05, 3.63) is 12.2 Å². The monoisotopic (exact) mass is 269 g/mol. The summed E-state index contributed by atoms with van der Waals surface area (Å²) in [5.41, 5.74) is -0.435. The van der Waals surface area contributed by atoms with Crippen molar-refractivity contribution in [3.8, 4) is 0 Å². The van der Waals surface area contributed by atoms with Gasteiger partial charge < -0.3 is 9.47 Å². The zero-order chi connectivity index (χ0) is 14.5. The SMILES string of the molecule is COC(=O)/C=C/CN1CCC(C(=O)OC(C)(C)C)C1. The van der Waals surface area contributed by atoms with Gasteiger partial charge in [0.2, 0.25) is 0 Å². The third-order valence-corrected chi connectivity index (χ3v) is 2.83. The minimum atomic E-state index is -0.435. The highest BCUT2D eigenvalue weighted by Crippen LogP contribution is 2.20. The first-order chi connectivity index (χ1) is 8.81. The number of likely N-dealkylation sites (tertiary alicyclic amines) is 1. The first kappa shape index (κ1) is 15.7. The van der Waals surface area contributed by atoms with Gasteiger partial charge in [0.25, 0.3) is 0 Å². The molecule has 1 fully saturated rings. The molecule has 1 rings (SSSR count). The van der Waals surface area contributed by atoms with Gasteiger partial charge in [0.05, 0.1) is 13.0 Å². The van der Waals surface area contributed by atoms with Crippen LogP contribution in [0.15, 0.2) is 12.2 Å². The summed E-state index contributed by atoms with van der Waals surface area (Å²) in [6.07, 6.45) is 3.96. The quantitative estimate of drug-likeness (QED) is 0.570. The highest BCUT2D eigenvalue weighted by atomic mass is 16.6. The molecule has 0 aliphatic carbocycles. The van der Waals surface area contributed by atoms with Gasteiger partial charge in [0.1, 0.15) is 5.60 Å². The van der Waals surface area contributed by atoms with Crippen LogP contribution >= 0.6 is 0 Å². The van der Waals surface area contributed by atoms with Gasteiger partial charge in [0.15, 0.2) is 0 Å². The molecule has 5 nitrogen and oxygen atoms in total. The van der Waals surface area contributed by atoms with E-state index in [-0.39, 0.29) is 17.9 Å². The molecule has 19 heavy (non-hydrogen) atoms. The molecule has 5 heteroatoms. The maximum atomic E-state index is 11.9. The zero-order valence-corrected chi connectivity index (χ0v) is 12.1. The van der Waals surface area contributed by atoms with Crippen molar-refractivity contribution < 1.29 is 19.1 Å². The fourth-order valence-electron chi connectivity index (χ4n) is 1.94. The number of methoxy groups -OCH3 is 1. The van der Waals surface area contributed by atoms with Crippen molar-refractivity contribution in [1.82, 2.24) is 4.90 Å². The first-order valence-electron chi connectivity index (χ1n) is 6.51. The van der Waals surface area contributed by atoms with E-state index in [9.17, 15) is 9.59 Å². The van der Waals surface area contributed by atoms with E-state index in [1.165, 1.54) is 13.2 Å². The van der Waals surface area contributed by atoms with Crippen molar-refractivity contribution in [1.29, 1.82) is 0 Å². The van der Waals surface area contributed by atoms with E-state index in [4.69, 9.17) is 4.74 Å². The normalized spacial score (nSPS) is 20.7. The summed E-state index contributed by atoms with van der Waals surface area (Å²) >= 11 is 0. The Hall–Kier alpha value is -1.36. The van der Waals surface area contributed by atoms with Crippen LogP contribution < -0.4 is 0 Å². The molecule has 0 amide bonds. The number of carbonyl (C=O) groups excluding carboxylic acids is 2. The molecule has 0 aromatic rings. The molecule has 108 valence electrons. The fraction of sp³-hybridized carbons (Fsp3) is 0.714. The molecule has 0 saturated carbocycles. The van der Waals surface area contributed by atoms with Crippen molar-refractivity contribution in [2.45, 2.75) is 32.8 Å². The second kappa shape index (κ2) is 6.70. The molecular weight excluding hydrogens is 246 g/mol. The van der Waals surface area contributed by atoms with Gasteiger partial charge in [-0.3, -0.25) is 9.69 Å². The maximum absolute atomic E-state index is 11.9. The summed E-state index contributed by atoms with van der Waals surface area (Å²) in [5.74, 6) is -0.555. The highest BCUT2D eigenvalue weighted by molar-refractivity contribution is 5.81. The van der Waals surface area contributed by atoms with E-state index in [0.717, 1.165) is 13.0 Å². The second-order valence-corrected chi connectivity index (χ2v) is 5.70. The van der Waals surface area contributed by atoms with Crippen LogP contribution in [0, 0.1) is 5.92 Å². The van der Waals surface area contributed by atoms with E-state index in [2.05, 4.69) is 9.64 Å². The van der Waals surface area contributed by atoms with Crippen LogP contribution in [0.4, 0.5) is 0 Å². The molecular formula is C14H23NO4. The lowest BCUT2D eigenvalue weighted by molar-refractivity contribution is -0.159. The van der Waals surface area contributed by atoms with Crippen LogP contribution in [0.1, 0.15) is 27.2 Å². The molecule has 1 saturated heterocycles. The summed E-state index contributed by atoms with van der Waals surface area (Å²) in [7, 11) is 1.35. The third kappa shape index (κ3) is 5.87. The molecule has 0 aromatic carbocycles. The molecule has 0 spiro atoms. The van der Waals surface area contributed by atoms with Gasteiger partial charge in [-0.15, -0.1) is 0 Å². The smallest absolute Gasteiger partial charge is 0.330 e. The molecule has 0 aromatic heterocycles. The van der Waals surface area contributed by atoms with Gasteiger partial charge >= 0.3 is 11.9 Å². The van der Waals surface area contributed by atoms with Gasteiger partial charge in [-0.2, -0.15) is 0 Å². The summed E-state index contributed by atoms with van der Waals surface area (Å²) in [6.45, 7) is 7.79. The van der Waals surface area contributed by atoms with E-state index in [1.54, 1.807) is 6.08 Å². The standard InChI is InChI=1S/C14H23NO4/c1-14(2,3)19-13(17)11-7-9-15(10-11)8-5-6-12(16)18-4/h5-6,11H,7-10H2,1-4H3/b6-5+. The Balaban J connectivity index is 2.35. The largest absolute Gasteiger partial charge is 0.466 e. The Labute approximate surface area is 114 Å². The van der Waals surface area contributed by atoms with Crippen molar-refractivity contribution in [2.75, 3.05) is 26.7 Å². The van der Waals surface area contributed by atoms with Gasteiger partial charge in [0, 0.05) is 19.2 Å². The van der Waals surface area contributed by atoms with Crippen LogP contribution in [0.5, 0.6) is 0 Å². The number of rotatable bonds is 4. The molecule has 1 aliphatic rings. The Kier molecular flexibility index (Phi) is 5.54. The van der Waals surface area contributed by atoms with E-state index >= 15 is 0 Å². The summed E-state index contributed by atoms with van der Waals surface area (Å²) in [5, 5.41) is 0. The molecule has 1 aliphatic heterocycles. The topological polar surface area (TPSA) is 55.8 Å².